The van der Waals surface area contributed by atoms with Crippen LogP contribution in [0.15, 0.2) is 42.5 Å². The molecule has 0 aromatic heterocycles. The van der Waals surface area contributed by atoms with E-state index in [1.165, 1.54) is 19.9 Å². The smallest absolute Gasteiger partial charge is 0.308 e. The molecule has 0 aliphatic heterocycles. The number of ether oxygens (including phenoxy) is 2. The molecule has 0 radical (unpaired) electrons. The van der Waals surface area contributed by atoms with Crippen LogP contribution in [0.2, 0.25) is 0 Å². The van der Waals surface area contributed by atoms with Crippen LogP contribution >= 0.6 is 0 Å². The van der Waals surface area contributed by atoms with E-state index in [2.05, 4.69) is 0 Å². The first-order valence-electron chi connectivity index (χ1n) is 7.01. The molecule has 116 valence electrons. The van der Waals surface area contributed by atoms with Crippen molar-refractivity contribution in [2.75, 3.05) is 0 Å². The third-order valence-electron chi connectivity index (χ3n) is 3.39. The van der Waals surface area contributed by atoms with E-state index in [0.29, 0.717) is 10.8 Å². The lowest BCUT2D eigenvalue weighted by atomic mass is 10.0. The van der Waals surface area contributed by atoms with Crippen LogP contribution in [-0.4, -0.2) is 17.0 Å². The van der Waals surface area contributed by atoms with E-state index in [0.717, 1.165) is 10.8 Å². The molecule has 0 bridgehead atoms. The number of benzene rings is 3. The van der Waals surface area contributed by atoms with Gasteiger partial charge < -0.3 is 14.6 Å². The fourth-order valence-corrected chi connectivity index (χ4v) is 2.51. The number of aromatic hydroxyl groups is 1. The van der Waals surface area contributed by atoms with Crippen molar-refractivity contribution in [1.82, 2.24) is 0 Å². The molecule has 3 aromatic rings. The average Bonchev–Trinajstić information content (AvgIpc) is 2.48. The normalized spacial score (nSPS) is 10.7. The summed E-state index contributed by atoms with van der Waals surface area (Å²) in [5.41, 5.74) is 0. The average molecular weight is 310 g/mol. The maximum Gasteiger partial charge on any atom is 0.308 e. The first kappa shape index (κ1) is 14.8. The van der Waals surface area contributed by atoms with Crippen LogP contribution in [0.5, 0.6) is 17.2 Å². The van der Waals surface area contributed by atoms with Gasteiger partial charge in [0.15, 0.2) is 11.5 Å². The number of phenolic OH excluding ortho intramolecular Hbond substituents is 1. The summed E-state index contributed by atoms with van der Waals surface area (Å²) in [6.45, 7) is 2.45. The van der Waals surface area contributed by atoms with Gasteiger partial charge in [0.05, 0.1) is 0 Å². The second-order valence-corrected chi connectivity index (χ2v) is 5.16. The van der Waals surface area contributed by atoms with Crippen LogP contribution in [0.4, 0.5) is 0 Å². The minimum absolute atomic E-state index is 0.0356. The molecule has 0 unspecified atom stereocenters. The Morgan fingerprint density at radius 2 is 1.39 bits per heavy atom. The van der Waals surface area contributed by atoms with Crippen molar-refractivity contribution in [3.8, 4) is 17.2 Å². The number of fused-ring (bicyclic) bond motifs is 2. The van der Waals surface area contributed by atoms with Crippen molar-refractivity contribution in [2.24, 2.45) is 0 Å². The van der Waals surface area contributed by atoms with Gasteiger partial charge >= 0.3 is 11.9 Å². The molecule has 0 spiro atoms. The summed E-state index contributed by atoms with van der Waals surface area (Å²) < 4.78 is 10.2. The highest BCUT2D eigenvalue weighted by atomic mass is 16.6. The summed E-state index contributed by atoms with van der Waals surface area (Å²) in [6.07, 6.45) is 0. The zero-order valence-electron chi connectivity index (χ0n) is 12.6. The molecule has 5 heteroatoms. The molecule has 3 aromatic carbocycles. The number of esters is 2. The summed E-state index contributed by atoms with van der Waals surface area (Å²) in [5, 5.41) is 13.3. The molecule has 3 rings (SSSR count). The molecular formula is C18H14O5. The van der Waals surface area contributed by atoms with Crippen molar-refractivity contribution in [3.05, 3.63) is 42.5 Å². The molecule has 0 fully saturated rings. The van der Waals surface area contributed by atoms with Crippen LogP contribution in [0.3, 0.4) is 0 Å². The summed E-state index contributed by atoms with van der Waals surface area (Å²) in [6, 6.07) is 12.8. The molecule has 0 aliphatic rings. The minimum atomic E-state index is -0.617. The van der Waals surface area contributed by atoms with Gasteiger partial charge in [-0.25, -0.2) is 0 Å². The van der Waals surface area contributed by atoms with Gasteiger partial charge in [0.1, 0.15) is 0 Å². The van der Waals surface area contributed by atoms with Crippen LogP contribution in [0, 0.1) is 0 Å². The predicted octanol–water partition coefficient (Wildman–Crippen LogP) is 3.55. The number of hydrogen-bond acceptors (Lipinski definition) is 5. The molecule has 0 saturated heterocycles. The zero-order valence-corrected chi connectivity index (χ0v) is 12.6. The van der Waals surface area contributed by atoms with Crippen molar-refractivity contribution in [3.63, 3.8) is 0 Å². The van der Waals surface area contributed by atoms with E-state index >= 15 is 0 Å². The van der Waals surface area contributed by atoms with E-state index in [1.807, 2.05) is 36.4 Å². The summed E-state index contributed by atoms with van der Waals surface area (Å²) in [5.74, 6) is -1.57. The largest absolute Gasteiger partial charge is 0.504 e. The summed E-state index contributed by atoms with van der Waals surface area (Å²) in [7, 11) is 0. The Labute approximate surface area is 132 Å². The second kappa shape index (κ2) is 5.61. The molecule has 0 amide bonds. The Kier molecular flexibility index (Phi) is 3.62. The molecule has 0 saturated carbocycles. The van der Waals surface area contributed by atoms with Crippen LogP contribution in [0.1, 0.15) is 13.8 Å². The highest BCUT2D eigenvalue weighted by Crippen LogP contribution is 2.44. The molecule has 0 heterocycles. The Morgan fingerprint density at radius 1 is 0.826 bits per heavy atom. The highest BCUT2D eigenvalue weighted by Gasteiger charge is 2.20. The van der Waals surface area contributed by atoms with Gasteiger partial charge in [-0.1, -0.05) is 24.3 Å². The Hall–Kier alpha value is -3.08. The van der Waals surface area contributed by atoms with Crippen LogP contribution < -0.4 is 9.47 Å². The zero-order chi connectivity index (χ0) is 16.6. The lowest BCUT2D eigenvalue weighted by molar-refractivity contribution is -0.134. The Balaban J connectivity index is 2.37. The van der Waals surface area contributed by atoms with Crippen molar-refractivity contribution < 1.29 is 24.2 Å². The van der Waals surface area contributed by atoms with Gasteiger partial charge in [0, 0.05) is 19.2 Å². The SMILES string of the molecule is CC(=O)Oc1c(O)cc2cc3ccccc3cc2c1OC(C)=O. The first-order valence-corrected chi connectivity index (χ1v) is 7.01. The van der Waals surface area contributed by atoms with Gasteiger partial charge in [-0.3, -0.25) is 9.59 Å². The van der Waals surface area contributed by atoms with Crippen molar-refractivity contribution >= 4 is 33.5 Å². The van der Waals surface area contributed by atoms with E-state index in [4.69, 9.17) is 9.47 Å². The quantitative estimate of drug-likeness (QED) is 0.445. The number of hydrogen-bond donors (Lipinski definition) is 1. The standard InChI is InChI=1S/C18H14O5/c1-10(19)22-17-15-8-13-6-4-3-5-12(13)7-14(15)9-16(21)18(17)23-11(2)20/h3-9,21H,1-2H3. The third-order valence-corrected chi connectivity index (χ3v) is 3.39. The maximum atomic E-state index is 11.4. The monoisotopic (exact) mass is 310 g/mol. The molecule has 0 aliphatic carbocycles. The fourth-order valence-electron chi connectivity index (χ4n) is 2.51. The second-order valence-electron chi connectivity index (χ2n) is 5.16. The van der Waals surface area contributed by atoms with E-state index in [1.54, 1.807) is 0 Å². The minimum Gasteiger partial charge on any atom is -0.504 e. The Morgan fingerprint density at radius 3 is 2.00 bits per heavy atom. The van der Waals surface area contributed by atoms with Crippen LogP contribution in [-0.2, 0) is 9.59 Å². The van der Waals surface area contributed by atoms with Gasteiger partial charge in [-0.05, 0) is 34.4 Å². The molecular weight excluding hydrogens is 296 g/mol. The van der Waals surface area contributed by atoms with Gasteiger partial charge in [-0.2, -0.15) is 0 Å². The summed E-state index contributed by atoms with van der Waals surface area (Å²) >= 11 is 0. The first-order chi connectivity index (χ1) is 11.0. The van der Waals surface area contributed by atoms with Crippen LogP contribution in [0.25, 0.3) is 21.5 Å². The highest BCUT2D eigenvalue weighted by molar-refractivity contribution is 6.04. The number of carbonyl (C=O) groups is 2. The van der Waals surface area contributed by atoms with Gasteiger partial charge in [0.25, 0.3) is 0 Å². The van der Waals surface area contributed by atoms with E-state index < -0.39 is 11.9 Å². The number of phenols is 1. The lowest BCUT2D eigenvalue weighted by Crippen LogP contribution is -2.07. The topological polar surface area (TPSA) is 72.8 Å². The third kappa shape index (κ3) is 2.81. The molecule has 5 nitrogen and oxygen atoms in total. The number of carbonyl (C=O) groups excluding carboxylic acids is 2. The molecule has 23 heavy (non-hydrogen) atoms. The molecule has 1 N–H and O–H groups in total. The van der Waals surface area contributed by atoms with Gasteiger partial charge in [0.2, 0.25) is 5.75 Å². The van der Waals surface area contributed by atoms with Gasteiger partial charge in [-0.15, -0.1) is 0 Å². The van der Waals surface area contributed by atoms with E-state index in [-0.39, 0.29) is 17.2 Å². The fraction of sp³-hybridized carbons (Fsp3) is 0.111. The van der Waals surface area contributed by atoms with Crippen molar-refractivity contribution in [2.45, 2.75) is 13.8 Å². The number of rotatable bonds is 2. The predicted molar refractivity (Wildman–Crippen MR) is 85.7 cm³/mol. The van der Waals surface area contributed by atoms with Crippen molar-refractivity contribution in [1.29, 1.82) is 0 Å². The molecule has 0 atom stereocenters. The maximum absolute atomic E-state index is 11.4. The Bertz CT molecular complexity index is 943. The van der Waals surface area contributed by atoms with E-state index in [9.17, 15) is 14.7 Å². The summed E-state index contributed by atoms with van der Waals surface area (Å²) in [4.78, 5) is 22.7. The lowest BCUT2D eigenvalue weighted by Gasteiger charge is -2.14.